The summed E-state index contributed by atoms with van der Waals surface area (Å²) in [7, 11) is 0. The van der Waals surface area contributed by atoms with Gasteiger partial charge in [0, 0.05) is 6.42 Å². The molecule has 0 spiro atoms. The van der Waals surface area contributed by atoms with Gasteiger partial charge in [0.2, 0.25) is 5.89 Å². The Balaban J connectivity index is 2.31. The first-order chi connectivity index (χ1) is 8.11. The quantitative estimate of drug-likeness (QED) is 0.785. The Bertz CT molecular complexity index is 542. The van der Waals surface area contributed by atoms with E-state index in [1.807, 2.05) is 18.4 Å². The molecular formula is C12H13NO3S. The lowest BCUT2D eigenvalue weighted by atomic mass is 10.3. The van der Waals surface area contributed by atoms with E-state index >= 15 is 0 Å². The molecule has 90 valence electrons. The third kappa shape index (κ3) is 2.39. The van der Waals surface area contributed by atoms with E-state index in [2.05, 4.69) is 4.98 Å². The second-order valence-corrected chi connectivity index (χ2v) is 4.56. The largest absolute Gasteiger partial charge is 0.437 e. The molecule has 0 aliphatic carbocycles. The highest BCUT2D eigenvalue weighted by Gasteiger charge is 2.16. The minimum Gasteiger partial charge on any atom is -0.437 e. The molecule has 0 amide bonds. The molecule has 0 N–H and O–H groups in total. The normalized spacial score (nSPS) is 10.5. The molecule has 0 aliphatic rings. The van der Waals surface area contributed by atoms with Gasteiger partial charge in [0.1, 0.15) is 0 Å². The van der Waals surface area contributed by atoms with Crippen LogP contribution in [0.2, 0.25) is 0 Å². The van der Waals surface area contributed by atoms with Gasteiger partial charge >= 0.3 is 5.97 Å². The van der Waals surface area contributed by atoms with E-state index < -0.39 is 0 Å². The number of aromatic nitrogens is 1. The lowest BCUT2D eigenvalue weighted by molar-refractivity contribution is -0.134. The van der Waals surface area contributed by atoms with Crippen molar-refractivity contribution in [3.05, 3.63) is 22.8 Å². The summed E-state index contributed by atoms with van der Waals surface area (Å²) in [5.74, 6) is 0.985. The van der Waals surface area contributed by atoms with Crippen LogP contribution in [0.15, 0.2) is 15.9 Å². The summed E-state index contributed by atoms with van der Waals surface area (Å²) >= 11 is 1.55. The maximum atomic E-state index is 11.2. The number of oxazole rings is 1. The van der Waals surface area contributed by atoms with Crippen LogP contribution in [0, 0.1) is 13.8 Å². The van der Waals surface area contributed by atoms with E-state index in [-0.39, 0.29) is 11.8 Å². The summed E-state index contributed by atoms with van der Waals surface area (Å²) in [5, 5.41) is 1.97. The first kappa shape index (κ1) is 11.9. The Morgan fingerprint density at radius 1 is 1.53 bits per heavy atom. The number of hydrogen-bond donors (Lipinski definition) is 0. The molecule has 0 fully saturated rings. The fraction of sp³-hybridized carbons (Fsp3) is 0.333. The number of aryl methyl sites for hydroxylation is 2. The zero-order valence-electron chi connectivity index (χ0n) is 9.94. The molecule has 2 heterocycles. The van der Waals surface area contributed by atoms with E-state index in [1.54, 1.807) is 25.2 Å². The first-order valence-corrected chi connectivity index (χ1v) is 6.22. The van der Waals surface area contributed by atoms with Crippen molar-refractivity contribution in [1.82, 2.24) is 4.98 Å². The Kier molecular flexibility index (Phi) is 3.28. The monoisotopic (exact) mass is 251 g/mol. The molecular weight excluding hydrogens is 238 g/mol. The molecule has 0 radical (unpaired) electrons. The number of hydrogen-bond acceptors (Lipinski definition) is 5. The molecule has 0 aromatic carbocycles. The summed E-state index contributed by atoms with van der Waals surface area (Å²) in [6, 6.07) is 2.00. The third-order valence-corrected chi connectivity index (χ3v) is 3.31. The van der Waals surface area contributed by atoms with E-state index in [0.29, 0.717) is 18.1 Å². The van der Waals surface area contributed by atoms with Crippen molar-refractivity contribution in [3.63, 3.8) is 0 Å². The number of carbonyl (C=O) groups excluding carboxylic acids is 1. The van der Waals surface area contributed by atoms with Gasteiger partial charge in [-0.3, -0.25) is 4.79 Å². The summed E-state index contributed by atoms with van der Waals surface area (Å²) in [5.41, 5.74) is 1.10. The van der Waals surface area contributed by atoms with E-state index in [1.165, 1.54) is 0 Å². The minimum absolute atomic E-state index is 0.264. The smallest absolute Gasteiger partial charge is 0.312 e. The van der Waals surface area contributed by atoms with Crippen molar-refractivity contribution in [3.8, 4) is 16.6 Å². The number of carbonyl (C=O) groups is 1. The van der Waals surface area contributed by atoms with Crippen LogP contribution in [-0.4, -0.2) is 11.0 Å². The number of ether oxygens (including phenoxy) is 1. The van der Waals surface area contributed by atoms with Gasteiger partial charge in [-0.2, -0.15) is 4.98 Å². The number of nitrogens with zero attached hydrogens (tertiary/aromatic N) is 1. The Morgan fingerprint density at radius 2 is 2.29 bits per heavy atom. The maximum absolute atomic E-state index is 11.2. The zero-order valence-corrected chi connectivity index (χ0v) is 10.8. The highest BCUT2D eigenvalue weighted by Crippen LogP contribution is 2.32. The highest BCUT2D eigenvalue weighted by molar-refractivity contribution is 7.13. The van der Waals surface area contributed by atoms with Gasteiger partial charge in [-0.15, -0.1) is 11.3 Å². The van der Waals surface area contributed by atoms with Gasteiger partial charge < -0.3 is 9.15 Å². The Labute approximate surface area is 103 Å². The second kappa shape index (κ2) is 4.71. The molecule has 4 nitrogen and oxygen atoms in total. The van der Waals surface area contributed by atoms with Crippen LogP contribution < -0.4 is 4.74 Å². The van der Waals surface area contributed by atoms with E-state index in [9.17, 15) is 4.79 Å². The number of thiophene rings is 1. The fourth-order valence-electron chi connectivity index (χ4n) is 1.35. The van der Waals surface area contributed by atoms with Crippen LogP contribution in [0.25, 0.3) is 10.8 Å². The zero-order chi connectivity index (χ0) is 12.4. The molecule has 0 bridgehead atoms. The number of rotatable bonds is 3. The Morgan fingerprint density at radius 3 is 2.88 bits per heavy atom. The lowest BCUT2D eigenvalue weighted by Gasteiger charge is -1.96. The maximum Gasteiger partial charge on any atom is 0.312 e. The topological polar surface area (TPSA) is 52.3 Å². The molecule has 0 aliphatic heterocycles. The van der Waals surface area contributed by atoms with Crippen LogP contribution >= 0.6 is 11.3 Å². The minimum atomic E-state index is -0.309. The van der Waals surface area contributed by atoms with Crippen LogP contribution in [0.5, 0.6) is 5.88 Å². The predicted octanol–water partition coefficient (Wildman–Crippen LogP) is 3.34. The van der Waals surface area contributed by atoms with Crippen molar-refractivity contribution >= 4 is 17.3 Å². The van der Waals surface area contributed by atoms with Crippen molar-refractivity contribution < 1.29 is 13.9 Å². The molecule has 0 atom stereocenters. The van der Waals surface area contributed by atoms with Crippen LogP contribution in [0.4, 0.5) is 0 Å². The van der Waals surface area contributed by atoms with Gasteiger partial charge in [0.05, 0.1) is 4.88 Å². The van der Waals surface area contributed by atoms with Gasteiger partial charge in [-0.25, -0.2) is 0 Å². The molecule has 0 saturated carbocycles. The molecule has 2 aromatic rings. The van der Waals surface area contributed by atoms with Crippen LogP contribution in [0.1, 0.15) is 24.7 Å². The van der Waals surface area contributed by atoms with Crippen LogP contribution in [0.3, 0.4) is 0 Å². The van der Waals surface area contributed by atoms with Gasteiger partial charge in [0.15, 0.2) is 5.76 Å². The van der Waals surface area contributed by atoms with Crippen molar-refractivity contribution in [2.24, 2.45) is 0 Å². The van der Waals surface area contributed by atoms with Gasteiger partial charge in [-0.1, -0.05) is 6.92 Å². The predicted molar refractivity (Wildman–Crippen MR) is 65.2 cm³/mol. The molecule has 0 saturated heterocycles. The summed E-state index contributed by atoms with van der Waals surface area (Å²) < 4.78 is 10.6. The highest BCUT2D eigenvalue weighted by atomic mass is 32.1. The molecule has 2 rings (SSSR count). The van der Waals surface area contributed by atoms with Gasteiger partial charge in [-0.05, 0) is 30.9 Å². The van der Waals surface area contributed by atoms with Crippen molar-refractivity contribution in [1.29, 1.82) is 0 Å². The fourth-order valence-corrected chi connectivity index (χ4v) is 2.20. The molecule has 17 heavy (non-hydrogen) atoms. The lowest BCUT2D eigenvalue weighted by Crippen LogP contribution is -2.06. The average molecular weight is 251 g/mol. The molecule has 2 aromatic heterocycles. The SMILES string of the molecule is CCC(=O)Oc1nc(-c2sccc2C)oc1C. The van der Waals surface area contributed by atoms with Gasteiger partial charge in [0.25, 0.3) is 5.88 Å². The Hall–Kier alpha value is -1.62. The summed E-state index contributed by atoms with van der Waals surface area (Å²) in [6.45, 7) is 5.46. The average Bonchev–Trinajstić information content (AvgIpc) is 2.86. The molecule has 0 unspecified atom stereocenters. The first-order valence-electron chi connectivity index (χ1n) is 5.34. The second-order valence-electron chi connectivity index (χ2n) is 3.64. The van der Waals surface area contributed by atoms with Crippen molar-refractivity contribution in [2.75, 3.05) is 0 Å². The standard InChI is InChI=1S/C12H13NO3S/c1-4-9(14)16-11-8(3)15-12(13-11)10-7(2)5-6-17-10/h5-6H,4H2,1-3H3. The van der Waals surface area contributed by atoms with Crippen molar-refractivity contribution in [2.45, 2.75) is 27.2 Å². The van der Waals surface area contributed by atoms with Crippen LogP contribution in [-0.2, 0) is 4.79 Å². The summed E-state index contributed by atoms with van der Waals surface area (Å²) in [4.78, 5) is 16.4. The molecule has 5 heteroatoms. The van der Waals surface area contributed by atoms with E-state index in [0.717, 1.165) is 10.4 Å². The third-order valence-electron chi connectivity index (χ3n) is 2.31. The number of esters is 1. The summed E-state index contributed by atoms with van der Waals surface area (Å²) in [6.07, 6.45) is 0.319. The van der Waals surface area contributed by atoms with E-state index in [4.69, 9.17) is 9.15 Å².